The SMILES string of the molecule is CC1(C)CCCC(CN)C(O)(Cc2c(F)cccc2Cl)C1=Cc1ccccc1. The Morgan fingerprint density at radius 1 is 1.18 bits per heavy atom. The standard InChI is InChI=1S/C24H29ClFNO/c1-23(2)13-7-10-18(16-27)24(28,15-19-20(25)11-6-12-21(19)26)22(23)14-17-8-4-3-5-9-17/h3-6,8-9,11-12,14,18,28H,7,10,13,15-16,27H2,1-2H3. The van der Waals surface area contributed by atoms with Gasteiger partial charge in [-0.15, -0.1) is 0 Å². The molecule has 1 aliphatic rings. The van der Waals surface area contributed by atoms with Crippen LogP contribution in [-0.2, 0) is 6.42 Å². The number of rotatable bonds is 4. The predicted molar refractivity (Wildman–Crippen MR) is 115 cm³/mol. The summed E-state index contributed by atoms with van der Waals surface area (Å²) in [7, 11) is 0. The second-order valence-electron chi connectivity index (χ2n) is 8.48. The molecular formula is C24H29ClFNO. The van der Waals surface area contributed by atoms with Gasteiger partial charge in [-0.05, 0) is 48.1 Å². The maximum Gasteiger partial charge on any atom is 0.128 e. The van der Waals surface area contributed by atoms with Crippen LogP contribution in [0.15, 0.2) is 54.1 Å². The van der Waals surface area contributed by atoms with Crippen molar-refractivity contribution in [3.05, 3.63) is 76.1 Å². The van der Waals surface area contributed by atoms with E-state index in [0.29, 0.717) is 17.1 Å². The summed E-state index contributed by atoms with van der Waals surface area (Å²) in [5.74, 6) is -0.558. The highest BCUT2D eigenvalue weighted by Crippen LogP contribution is 2.49. The molecule has 3 N–H and O–H groups in total. The van der Waals surface area contributed by atoms with Gasteiger partial charge in [0.05, 0.1) is 5.60 Å². The van der Waals surface area contributed by atoms with E-state index in [4.69, 9.17) is 17.3 Å². The van der Waals surface area contributed by atoms with Gasteiger partial charge in [0.15, 0.2) is 0 Å². The minimum absolute atomic E-state index is 0.114. The van der Waals surface area contributed by atoms with Crippen molar-refractivity contribution < 1.29 is 9.50 Å². The maximum absolute atomic E-state index is 14.6. The third-order valence-corrected chi connectivity index (χ3v) is 6.48. The van der Waals surface area contributed by atoms with Crippen molar-refractivity contribution in [1.29, 1.82) is 0 Å². The Morgan fingerprint density at radius 2 is 1.89 bits per heavy atom. The number of halogens is 2. The van der Waals surface area contributed by atoms with E-state index < -0.39 is 11.4 Å². The van der Waals surface area contributed by atoms with Crippen LogP contribution in [0.1, 0.15) is 44.2 Å². The Balaban J connectivity index is 2.18. The number of nitrogens with two attached hydrogens (primary N) is 1. The molecule has 2 aromatic rings. The van der Waals surface area contributed by atoms with Crippen molar-refractivity contribution in [3.8, 4) is 0 Å². The molecule has 0 saturated heterocycles. The van der Waals surface area contributed by atoms with E-state index >= 15 is 0 Å². The van der Waals surface area contributed by atoms with Gasteiger partial charge in [0.1, 0.15) is 5.82 Å². The summed E-state index contributed by atoms with van der Waals surface area (Å²) in [4.78, 5) is 0. The molecule has 0 aromatic heterocycles. The van der Waals surface area contributed by atoms with E-state index in [1.165, 1.54) is 6.07 Å². The summed E-state index contributed by atoms with van der Waals surface area (Å²) in [6.45, 7) is 4.63. The lowest BCUT2D eigenvalue weighted by Crippen LogP contribution is -2.48. The van der Waals surface area contributed by atoms with Gasteiger partial charge in [0.2, 0.25) is 0 Å². The van der Waals surface area contributed by atoms with E-state index in [9.17, 15) is 9.50 Å². The summed E-state index contributed by atoms with van der Waals surface area (Å²) in [5.41, 5.74) is 6.86. The fourth-order valence-electron chi connectivity index (χ4n) is 4.53. The van der Waals surface area contributed by atoms with Crippen molar-refractivity contribution in [2.24, 2.45) is 17.1 Å². The molecule has 2 atom stereocenters. The minimum atomic E-state index is -1.27. The Bertz CT molecular complexity index is 829. The average Bonchev–Trinajstić information content (AvgIpc) is 2.75. The third kappa shape index (κ3) is 4.17. The molecule has 1 fully saturated rings. The number of benzene rings is 2. The lowest BCUT2D eigenvalue weighted by atomic mass is 9.67. The molecule has 0 radical (unpaired) electrons. The maximum atomic E-state index is 14.6. The second-order valence-corrected chi connectivity index (χ2v) is 8.89. The molecule has 3 rings (SSSR count). The molecule has 2 aromatic carbocycles. The molecule has 0 amide bonds. The quantitative estimate of drug-likeness (QED) is 0.653. The number of hydrogen-bond donors (Lipinski definition) is 2. The zero-order valence-corrected chi connectivity index (χ0v) is 17.3. The normalized spacial score (nSPS) is 26.2. The van der Waals surface area contributed by atoms with E-state index in [2.05, 4.69) is 19.9 Å². The van der Waals surface area contributed by atoms with Crippen LogP contribution in [-0.4, -0.2) is 17.3 Å². The first-order valence-electron chi connectivity index (χ1n) is 9.91. The lowest BCUT2D eigenvalue weighted by Gasteiger charge is -2.42. The van der Waals surface area contributed by atoms with Crippen LogP contribution in [0.3, 0.4) is 0 Å². The molecule has 2 unspecified atom stereocenters. The zero-order chi connectivity index (χ0) is 20.4. The van der Waals surface area contributed by atoms with Crippen LogP contribution in [0.4, 0.5) is 4.39 Å². The first-order chi connectivity index (χ1) is 13.3. The monoisotopic (exact) mass is 401 g/mol. The molecule has 0 aliphatic heterocycles. The van der Waals surface area contributed by atoms with Gasteiger partial charge in [-0.2, -0.15) is 0 Å². The predicted octanol–water partition coefficient (Wildman–Crippen LogP) is 5.62. The summed E-state index contributed by atoms with van der Waals surface area (Å²) in [6, 6.07) is 14.6. The van der Waals surface area contributed by atoms with Crippen LogP contribution in [0.2, 0.25) is 5.02 Å². The number of hydrogen-bond acceptors (Lipinski definition) is 2. The highest BCUT2D eigenvalue weighted by molar-refractivity contribution is 6.31. The van der Waals surface area contributed by atoms with Crippen molar-refractivity contribution in [2.75, 3.05) is 6.54 Å². The molecular weight excluding hydrogens is 373 g/mol. The van der Waals surface area contributed by atoms with Gasteiger partial charge in [-0.3, -0.25) is 0 Å². The molecule has 2 nitrogen and oxygen atoms in total. The highest BCUT2D eigenvalue weighted by atomic mass is 35.5. The van der Waals surface area contributed by atoms with Crippen LogP contribution < -0.4 is 5.73 Å². The highest BCUT2D eigenvalue weighted by Gasteiger charge is 2.47. The molecule has 0 bridgehead atoms. The van der Waals surface area contributed by atoms with Gasteiger partial charge in [-0.25, -0.2) is 4.39 Å². The summed E-state index contributed by atoms with van der Waals surface area (Å²) in [6.07, 6.45) is 4.88. The van der Waals surface area contributed by atoms with E-state index in [0.717, 1.165) is 30.4 Å². The Labute approximate surface area is 172 Å². The summed E-state index contributed by atoms with van der Waals surface area (Å²) < 4.78 is 14.6. The molecule has 150 valence electrons. The van der Waals surface area contributed by atoms with Crippen LogP contribution in [0, 0.1) is 17.2 Å². The topological polar surface area (TPSA) is 46.2 Å². The first-order valence-corrected chi connectivity index (χ1v) is 10.3. The summed E-state index contributed by atoms with van der Waals surface area (Å²) >= 11 is 6.32. The van der Waals surface area contributed by atoms with Crippen molar-refractivity contribution in [3.63, 3.8) is 0 Å². The zero-order valence-electron chi connectivity index (χ0n) is 16.6. The third-order valence-electron chi connectivity index (χ3n) is 6.13. The van der Waals surface area contributed by atoms with E-state index in [-0.39, 0.29) is 17.8 Å². The van der Waals surface area contributed by atoms with Crippen LogP contribution >= 0.6 is 11.6 Å². The minimum Gasteiger partial charge on any atom is -0.385 e. The van der Waals surface area contributed by atoms with Gasteiger partial charge in [0, 0.05) is 22.9 Å². The van der Waals surface area contributed by atoms with E-state index in [1.54, 1.807) is 12.1 Å². The first kappa shape index (κ1) is 21.0. The Kier molecular flexibility index (Phi) is 6.28. The average molecular weight is 402 g/mol. The Hall–Kier alpha value is -1.68. The second kappa shape index (κ2) is 8.36. The lowest BCUT2D eigenvalue weighted by molar-refractivity contribution is 0.00940. The Morgan fingerprint density at radius 3 is 2.54 bits per heavy atom. The van der Waals surface area contributed by atoms with Crippen molar-refractivity contribution in [2.45, 2.75) is 45.1 Å². The van der Waals surface area contributed by atoms with Gasteiger partial charge >= 0.3 is 0 Å². The van der Waals surface area contributed by atoms with Gasteiger partial charge < -0.3 is 10.8 Å². The molecule has 1 aliphatic carbocycles. The van der Waals surface area contributed by atoms with Crippen molar-refractivity contribution in [1.82, 2.24) is 0 Å². The summed E-state index contributed by atoms with van der Waals surface area (Å²) in [5, 5.41) is 12.4. The van der Waals surface area contributed by atoms with Gasteiger partial charge in [-0.1, -0.05) is 74.3 Å². The molecule has 4 heteroatoms. The fourth-order valence-corrected chi connectivity index (χ4v) is 4.76. The van der Waals surface area contributed by atoms with Crippen LogP contribution in [0.5, 0.6) is 0 Å². The van der Waals surface area contributed by atoms with Crippen LogP contribution in [0.25, 0.3) is 6.08 Å². The smallest absolute Gasteiger partial charge is 0.128 e. The molecule has 28 heavy (non-hydrogen) atoms. The van der Waals surface area contributed by atoms with Crippen molar-refractivity contribution >= 4 is 17.7 Å². The molecule has 0 spiro atoms. The molecule has 1 saturated carbocycles. The molecule has 0 heterocycles. The number of aliphatic hydroxyl groups is 1. The fraction of sp³-hybridized carbons (Fsp3) is 0.417. The van der Waals surface area contributed by atoms with Gasteiger partial charge in [0.25, 0.3) is 0 Å². The largest absolute Gasteiger partial charge is 0.385 e. The van der Waals surface area contributed by atoms with E-state index in [1.807, 2.05) is 30.3 Å².